The van der Waals surface area contributed by atoms with Gasteiger partial charge in [-0.25, -0.2) is 8.78 Å². The lowest BCUT2D eigenvalue weighted by atomic mass is 10.0. The number of halogens is 2. The Hall–Kier alpha value is -2.18. The lowest BCUT2D eigenvalue weighted by molar-refractivity contribution is 0.130. The molecule has 6 heteroatoms. The third-order valence-corrected chi connectivity index (χ3v) is 4.17. The third kappa shape index (κ3) is 3.34. The Balaban J connectivity index is 1.69. The molecule has 128 valence electrons. The highest BCUT2D eigenvalue weighted by atomic mass is 19.2. The van der Waals surface area contributed by atoms with E-state index in [0.29, 0.717) is 17.1 Å². The van der Waals surface area contributed by atoms with E-state index >= 15 is 0 Å². The van der Waals surface area contributed by atoms with E-state index in [2.05, 4.69) is 5.32 Å². The molecule has 0 saturated carbocycles. The lowest BCUT2D eigenvalue weighted by Gasteiger charge is -2.25. The van der Waals surface area contributed by atoms with Gasteiger partial charge >= 0.3 is 0 Å². The van der Waals surface area contributed by atoms with Crippen molar-refractivity contribution in [2.24, 2.45) is 0 Å². The van der Waals surface area contributed by atoms with Crippen molar-refractivity contribution in [2.45, 2.75) is 32.0 Å². The molecular weight excluding hydrogens is 316 g/mol. The van der Waals surface area contributed by atoms with Gasteiger partial charge in [-0.1, -0.05) is 12.1 Å². The van der Waals surface area contributed by atoms with E-state index in [1.54, 1.807) is 6.92 Å². The summed E-state index contributed by atoms with van der Waals surface area (Å²) in [6, 6.07) is 8.62. The molecule has 0 saturated heterocycles. The Kier molecular flexibility index (Phi) is 4.69. The fourth-order valence-corrected chi connectivity index (χ4v) is 2.75. The maximum atomic E-state index is 13.3. The summed E-state index contributed by atoms with van der Waals surface area (Å²) in [6.45, 7) is 3.95. The molecule has 1 aliphatic heterocycles. The second kappa shape index (κ2) is 6.75. The van der Waals surface area contributed by atoms with Gasteiger partial charge in [-0.15, -0.1) is 0 Å². The quantitative estimate of drug-likeness (QED) is 0.878. The van der Waals surface area contributed by atoms with Crippen LogP contribution in [0.2, 0.25) is 0 Å². The molecule has 3 rings (SSSR count). The van der Waals surface area contributed by atoms with Crippen LogP contribution < -0.4 is 14.8 Å². The van der Waals surface area contributed by atoms with Crippen LogP contribution in [-0.2, 0) is 0 Å². The number of hydrogen-bond donors (Lipinski definition) is 2. The number of hydrogen-bond acceptors (Lipinski definition) is 4. The van der Waals surface area contributed by atoms with E-state index in [1.165, 1.54) is 6.07 Å². The van der Waals surface area contributed by atoms with Crippen molar-refractivity contribution in [3.8, 4) is 11.5 Å². The topological polar surface area (TPSA) is 50.7 Å². The molecule has 0 amide bonds. The van der Waals surface area contributed by atoms with Gasteiger partial charge in [0, 0.05) is 12.1 Å². The Morgan fingerprint density at radius 3 is 2.42 bits per heavy atom. The minimum absolute atomic E-state index is 0.0746. The van der Waals surface area contributed by atoms with Crippen LogP contribution in [0.25, 0.3) is 0 Å². The molecule has 2 aromatic rings. The molecule has 3 atom stereocenters. The van der Waals surface area contributed by atoms with E-state index < -0.39 is 17.7 Å². The third-order valence-electron chi connectivity index (χ3n) is 4.17. The van der Waals surface area contributed by atoms with Gasteiger partial charge in [-0.3, -0.25) is 0 Å². The molecule has 1 heterocycles. The van der Waals surface area contributed by atoms with E-state index in [0.717, 1.165) is 17.7 Å². The average Bonchev–Trinajstić information content (AvgIpc) is 3.04. The maximum absolute atomic E-state index is 13.3. The molecule has 0 radical (unpaired) electrons. The van der Waals surface area contributed by atoms with Crippen LogP contribution in [0.5, 0.6) is 11.5 Å². The highest BCUT2D eigenvalue weighted by Gasteiger charge is 2.21. The fourth-order valence-electron chi connectivity index (χ4n) is 2.75. The van der Waals surface area contributed by atoms with Crippen molar-refractivity contribution in [1.29, 1.82) is 0 Å². The number of aliphatic hydroxyl groups excluding tert-OH is 1. The smallest absolute Gasteiger partial charge is 0.231 e. The summed E-state index contributed by atoms with van der Waals surface area (Å²) >= 11 is 0. The normalized spacial score (nSPS) is 16.7. The Morgan fingerprint density at radius 1 is 0.958 bits per heavy atom. The number of ether oxygens (including phenoxy) is 2. The summed E-state index contributed by atoms with van der Waals surface area (Å²) in [5.41, 5.74) is 1.30. The molecule has 2 N–H and O–H groups in total. The van der Waals surface area contributed by atoms with E-state index in [9.17, 15) is 13.9 Å². The van der Waals surface area contributed by atoms with E-state index in [1.807, 2.05) is 25.1 Å². The Labute approximate surface area is 139 Å². The molecule has 24 heavy (non-hydrogen) atoms. The number of aliphatic hydroxyl groups is 1. The van der Waals surface area contributed by atoms with Crippen molar-refractivity contribution in [3.05, 3.63) is 59.2 Å². The monoisotopic (exact) mass is 335 g/mol. The highest BCUT2D eigenvalue weighted by Crippen LogP contribution is 2.34. The van der Waals surface area contributed by atoms with Crippen LogP contribution in [0.3, 0.4) is 0 Å². The minimum atomic E-state index is -0.970. The summed E-state index contributed by atoms with van der Waals surface area (Å²) in [7, 11) is 0. The maximum Gasteiger partial charge on any atom is 0.231 e. The summed E-state index contributed by atoms with van der Waals surface area (Å²) in [5.74, 6) is -0.501. The van der Waals surface area contributed by atoms with Crippen LogP contribution in [0.15, 0.2) is 36.4 Å². The molecule has 0 fully saturated rings. The zero-order chi connectivity index (χ0) is 17.3. The molecule has 4 nitrogen and oxygen atoms in total. The van der Waals surface area contributed by atoms with Gasteiger partial charge < -0.3 is 19.9 Å². The van der Waals surface area contributed by atoms with Crippen molar-refractivity contribution in [1.82, 2.24) is 5.32 Å². The van der Waals surface area contributed by atoms with Crippen molar-refractivity contribution in [2.75, 3.05) is 6.79 Å². The predicted octanol–water partition coefficient (Wildman–Crippen LogP) is 3.47. The number of nitrogens with one attached hydrogen (secondary N) is 1. The first-order valence-electron chi connectivity index (χ1n) is 7.74. The SMILES string of the molecule is CC(NC(C)C(O)c1ccc(F)c(F)c1)c1ccc2c(c1)OCO2. The van der Waals surface area contributed by atoms with Crippen molar-refractivity contribution in [3.63, 3.8) is 0 Å². The first-order valence-corrected chi connectivity index (χ1v) is 7.74. The summed E-state index contributed by atoms with van der Waals surface area (Å²) in [6.07, 6.45) is -0.962. The molecular formula is C18H19F2NO3. The largest absolute Gasteiger partial charge is 0.454 e. The fraction of sp³-hybridized carbons (Fsp3) is 0.333. The summed E-state index contributed by atoms with van der Waals surface area (Å²) < 4.78 is 37.0. The number of fused-ring (bicyclic) bond motifs is 1. The lowest BCUT2D eigenvalue weighted by Crippen LogP contribution is -2.34. The van der Waals surface area contributed by atoms with Crippen molar-refractivity contribution < 1.29 is 23.4 Å². The standard InChI is InChI=1S/C18H19F2NO3/c1-10(12-4-6-16-17(8-12)24-9-23-16)21-11(2)18(22)13-3-5-14(19)15(20)7-13/h3-8,10-11,18,21-22H,9H2,1-2H3. The molecule has 0 aromatic heterocycles. The molecule has 0 spiro atoms. The Morgan fingerprint density at radius 2 is 1.67 bits per heavy atom. The first-order chi connectivity index (χ1) is 11.5. The molecule has 3 unspecified atom stereocenters. The predicted molar refractivity (Wildman–Crippen MR) is 84.9 cm³/mol. The van der Waals surface area contributed by atoms with Gasteiger partial charge in [0.2, 0.25) is 6.79 Å². The van der Waals surface area contributed by atoms with Gasteiger partial charge in [0.15, 0.2) is 23.1 Å². The van der Waals surface area contributed by atoms with Gasteiger partial charge in [-0.2, -0.15) is 0 Å². The van der Waals surface area contributed by atoms with Gasteiger partial charge in [0.25, 0.3) is 0 Å². The highest BCUT2D eigenvalue weighted by molar-refractivity contribution is 5.45. The van der Waals surface area contributed by atoms with Crippen LogP contribution in [0, 0.1) is 11.6 Å². The zero-order valence-electron chi connectivity index (χ0n) is 13.4. The van der Waals surface area contributed by atoms with Crippen LogP contribution in [-0.4, -0.2) is 17.9 Å². The van der Waals surface area contributed by atoms with Gasteiger partial charge in [0.1, 0.15) is 0 Å². The first kappa shape index (κ1) is 16.7. The van der Waals surface area contributed by atoms with E-state index in [4.69, 9.17) is 9.47 Å². The second-order valence-corrected chi connectivity index (χ2v) is 5.91. The summed E-state index contributed by atoms with van der Waals surface area (Å²) in [4.78, 5) is 0. The molecule has 0 bridgehead atoms. The van der Waals surface area contributed by atoms with Crippen LogP contribution in [0.4, 0.5) is 8.78 Å². The number of benzene rings is 2. The Bertz CT molecular complexity index is 738. The van der Waals surface area contributed by atoms with Gasteiger partial charge in [0.05, 0.1) is 6.10 Å². The van der Waals surface area contributed by atoms with Crippen LogP contribution >= 0.6 is 0 Å². The second-order valence-electron chi connectivity index (χ2n) is 5.91. The minimum Gasteiger partial charge on any atom is -0.454 e. The molecule has 2 aromatic carbocycles. The van der Waals surface area contributed by atoms with Gasteiger partial charge in [-0.05, 0) is 49.2 Å². The van der Waals surface area contributed by atoms with Crippen molar-refractivity contribution >= 4 is 0 Å². The average molecular weight is 335 g/mol. The van der Waals surface area contributed by atoms with Crippen LogP contribution in [0.1, 0.15) is 37.1 Å². The molecule has 1 aliphatic rings. The van der Waals surface area contributed by atoms with E-state index in [-0.39, 0.29) is 18.9 Å². The summed E-state index contributed by atoms with van der Waals surface area (Å²) in [5, 5.41) is 13.6. The molecule has 0 aliphatic carbocycles. The number of rotatable bonds is 5. The zero-order valence-corrected chi connectivity index (χ0v) is 13.4.